The van der Waals surface area contributed by atoms with Crippen LogP contribution in [0.4, 0.5) is 5.69 Å². The first-order chi connectivity index (χ1) is 16.6. The average molecular weight is 465 g/mol. The molecule has 182 valence electrons. The molecule has 2 amide bonds. The quantitative estimate of drug-likeness (QED) is 0.696. The normalized spacial score (nSPS) is 19.1. The summed E-state index contributed by atoms with van der Waals surface area (Å²) in [5.74, 6) is 0.256. The molecule has 0 bridgehead atoms. The number of hydrogen-bond donors (Lipinski definition) is 0. The van der Waals surface area contributed by atoms with E-state index in [0.717, 1.165) is 62.3 Å². The molecule has 3 heterocycles. The Balaban J connectivity index is 1.58. The van der Waals surface area contributed by atoms with E-state index in [0.29, 0.717) is 32.8 Å². The first-order valence-electron chi connectivity index (χ1n) is 12.5. The number of aromatic nitrogens is 1. The molecule has 0 radical (unpaired) electrons. The van der Waals surface area contributed by atoms with Gasteiger partial charge in [-0.05, 0) is 49.4 Å². The van der Waals surface area contributed by atoms with Crippen molar-refractivity contribution in [2.24, 2.45) is 5.92 Å². The maximum absolute atomic E-state index is 13.5. The number of amides is 2. The van der Waals surface area contributed by atoms with Gasteiger partial charge in [-0.2, -0.15) is 0 Å². The van der Waals surface area contributed by atoms with Crippen molar-refractivity contribution in [1.82, 2.24) is 14.8 Å². The van der Waals surface area contributed by atoms with Gasteiger partial charge in [-0.1, -0.05) is 24.3 Å². The Kier molecular flexibility index (Phi) is 8.66. The van der Waals surface area contributed by atoms with Crippen LogP contribution in [0.1, 0.15) is 43.9 Å². The Morgan fingerprint density at radius 1 is 0.971 bits per heavy atom. The van der Waals surface area contributed by atoms with Gasteiger partial charge in [0.05, 0.1) is 5.69 Å². The predicted molar refractivity (Wildman–Crippen MR) is 132 cm³/mol. The number of anilines is 1. The highest BCUT2D eigenvalue weighted by Crippen LogP contribution is 2.26. The molecule has 34 heavy (non-hydrogen) atoms. The fourth-order valence-electron chi connectivity index (χ4n) is 4.96. The SMILES string of the molecule is CC(=O)N1CCCN(Cc2ccccn2)CCCN(C(=O)C2CCOCC2)Cc2ccccc21. The summed E-state index contributed by atoms with van der Waals surface area (Å²) in [6.45, 7) is 7.32. The summed E-state index contributed by atoms with van der Waals surface area (Å²) in [4.78, 5) is 36.9. The summed E-state index contributed by atoms with van der Waals surface area (Å²) >= 11 is 0. The van der Waals surface area contributed by atoms with Gasteiger partial charge in [-0.15, -0.1) is 0 Å². The molecule has 2 aliphatic rings. The van der Waals surface area contributed by atoms with Crippen LogP contribution in [0.15, 0.2) is 48.7 Å². The van der Waals surface area contributed by atoms with E-state index in [1.165, 1.54) is 0 Å². The zero-order valence-electron chi connectivity index (χ0n) is 20.2. The molecule has 0 atom stereocenters. The van der Waals surface area contributed by atoms with Crippen LogP contribution in [0.5, 0.6) is 0 Å². The van der Waals surface area contributed by atoms with Crippen molar-refractivity contribution in [3.63, 3.8) is 0 Å². The van der Waals surface area contributed by atoms with Crippen LogP contribution in [0.3, 0.4) is 0 Å². The molecule has 1 fully saturated rings. The fraction of sp³-hybridized carbons (Fsp3) is 0.519. The number of fused-ring (bicyclic) bond motifs is 1. The van der Waals surface area contributed by atoms with Gasteiger partial charge < -0.3 is 14.5 Å². The summed E-state index contributed by atoms with van der Waals surface area (Å²) < 4.78 is 5.49. The van der Waals surface area contributed by atoms with Crippen molar-refractivity contribution in [1.29, 1.82) is 0 Å². The highest BCUT2D eigenvalue weighted by Gasteiger charge is 2.28. The van der Waals surface area contributed by atoms with E-state index in [9.17, 15) is 9.59 Å². The minimum atomic E-state index is 0.0161. The van der Waals surface area contributed by atoms with E-state index in [-0.39, 0.29) is 17.7 Å². The lowest BCUT2D eigenvalue weighted by molar-refractivity contribution is -0.139. The van der Waals surface area contributed by atoms with Crippen LogP contribution >= 0.6 is 0 Å². The van der Waals surface area contributed by atoms with Crippen molar-refractivity contribution in [3.05, 3.63) is 59.9 Å². The van der Waals surface area contributed by atoms with Crippen LogP contribution in [0, 0.1) is 5.92 Å². The van der Waals surface area contributed by atoms with Crippen LogP contribution in [0.2, 0.25) is 0 Å². The summed E-state index contributed by atoms with van der Waals surface area (Å²) in [6, 6.07) is 14.0. The molecule has 2 aromatic rings. The Morgan fingerprint density at radius 3 is 2.44 bits per heavy atom. The van der Waals surface area contributed by atoms with Crippen LogP contribution in [0.25, 0.3) is 0 Å². The van der Waals surface area contributed by atoms with Crippen molar-refractivity contribution < 1.29 is 14.3 Å². The van der Waals surface area contributed by atoms with E-state index in [1.54, 1.807) is 6.92 Å². The molecule has 0 saturated carbocycles. The molecule has 1 aromatic carbocycles. The van der Waals surface area contributed by atoms with Crippen molar-refractivity contribution in [3.8, 4) is 0 Å². The molecule has 2 aliphatic heterocycles. The number of carbonyl (C=O) groups is 2. The van der Waals surface area contributed by atoms with Gasteiger partial charge in [-0.3, -0.25) is 19.5 Å². The Bertz CT molecular complexity index is 946. The third-order valence-corrected chi connectivity index (χ3v) is 6.78. The Hall–Kier alpha value is -2.77. The summed E-state index contributed by atoms with van der Waals surface area (Å²) in [5.41, 5.74) is 2.99. The van der Waals surface area contributed by atoms with Gasteiger partial charge in [0.15, 0.2) is 0 Å². The largest absolute Gasteiger partial charge is 0.381 e. The molecule has 0 unspecified atom stereocenters. The summed E-state index contributed by atoms with van der Waals surface area (Å²) in [5, 5.41) is 0. The summed E-state index contributed by atoms with van der Waals surface area (Å²) in [7, 11) is 0. The lowest BCUT2D eigenvalue weighted by atomic mass is 9.98. The van der Waals surface area contributed by atoms with Crippen LogP contribution in [-0.2, 0) is 27.4 Å². The Morgan fingerprint density at radius 2 is 1.71 bits per heavy atom. The number of hydrogen-bond acceptors (Lipinski definition) is 5. The number of carbonyl (C=O) groups excluding carboxylic acids is 2. The first kappa shape index (κ1) is 24.4. The van der Waals surface area contributed by atoms with Gasteiger partial charge in [0.25, 0.3) is 0 Å². The smallest absolute Gasteiger partial charge is 0.226 e. The highest BCUT2D eigenvalue weighted by atomic mass is 16.5. The van der Waals surface area contributed by atoms with E-state index < -0.39 is 0 Å². The zero-order valence-corrected chi connectivity index (χ0v) is 20.2. The number of ether oxygens (including phenoxy) is 1. The maximum Gasteiger partial charge on any atom is 0.226 e. The molecule has 0 spiro atoms. The van der Waals surface area contributed by atoms with Gasteiger partial charge in [0.2, 0.25) is 11.8 Å². The minimum Gasteiger partial charge on any atom is -0.381 e. The molecule has 0 N–H and O–H groups in total. The number of pyridine rings is 1. The standard InChI is InChI=1S/C27H36N4O3/c1-22(32)31-17-7-15-29(21-25-9-4-5-13-28-25)14-6-16-30(20-24-8-2-3-10-26(24)31)27(33)23-11-18-34-19-12-23/h2-5,8-10,13,23H,6-7,11-12,14-21H2,1H3. The van der Waals surface area contributed by atoms with Crippen LogP contribution < -0.4 is 4.90 Å². The van der Waals surface area contributed by atoms with Gasteiger partial charge in [0, 0.05) is 77.2 Å². The van der Waals surface area contributed by atoms with E-state index >= 15 is 0 Å². The third-order valence-electron chi connectivity index (χ3n) is 6.78. The Labute approximate surface area is 202 Å². The van der Waals surface area contributed by atoms with Crippen LogP contribution in [-0.4, -0.2) is 66.0 Å². The molecular formula is C27H36N4O3. The molecular weight excluding hydrogens is 428 g/mol. The number of benzene rings is 1. The minimum absolute atomic E-state index is 0.0161. The first-order valence-corrected chi connectivity index (χ1v) is 12.5. The van der Waals surface area contributed by atoms with E-state index in [4.69, 9.17) is 4.74 Å². The van der Waals surface area contributed by atoms with Gasteiger partial charge in [-0.25, -0.2) is 0 Å². The second-order valence-electron chi connectivity index (χ2n) is 9.25. The highest BCUT2D eigenvalue weighted by molar-refractivity contribution is 5.92. The molecule has 7 nitrogen and oxygen atoms in total. The lowest BCUT2D eigenvalue weighted by Crippen LogP contribution is -2.41. The second-order valence-corrected chi connectivity index (χ2v) is 9.25. The molecule has 1 aromatic heterocycles. The number of para-hydroxylation sites is 1. The van der Waals surface area contributed by atoms with Crippen molar-refractivity contribution in [2.75, 3.05) is 44.3 Å². The zero-order chi connectivity index (χ0) is 23.8. The molecule has 0 aliphatic carbocycles. The average Bonchev–Trinajstić information content (AvgIpc) is 2.86. The second kappa shape index (κ2) is 12.1. The number of rotatable bonds is 3. The molecule has 7 heteroatoms. The van der Waals surface area contributed by atoms with Gasteiger partial charge >= 0.3 is 0 Å². The molecule has 1 saturated heterocycles. The predicted octanol–water partition coefficient (Wildman–Crippen LogP) is 3.49. The van der Waals surface area contributed by atoms with E-state index in [2.05, 4.69) is 22.0 Å². The van der Waals surface area contributed by atoms with Gasteiger partial charge in [0.1, 0.15) is 0 Å². The third kappa shape index (κ3) is 6.42. The van der Waals surface area contributed by atoms with Crippen molar-refractivity contribution >= 4 is 17.5 Å². The lowest BCUT2D eigenvalue weighted by Gasteiger charge is -2.33. The summed E-state index contributed by atoms with van der Waals surface area (Å²) in [6.07, 6.45) is 5.17. The molecule has 4 rings (SSSR count). The fourth-order valence-corrected chi connectivity index (χ4v) is 4.96. The van der Waals surface area contributed by atoms with Crippen molar-refractivity contribution in [2.45, 2.75) is 45.7 Å². The topological polar surface area (TPSA) is 66.0 Å². The maximum atomic E-state index is 13.5. The monoisotopic (exact) mass is 464 g/mol. The number of nitrogens with zero attached hydrogens (tertiary/aromatic N) is 4. The van der Waals surface area contributed by atoms with E-state index in [1.807, 2.05) is 46.3 Å².